The molecular formula is C71H49NSi. The third-order valence-electron chi connectivity index (χ3n) is 15.8. The lowest BCUT2D eigenvalue weighted by atomic mass is 9.67. The lowest BCUT2D eigenvalue weighted by Gasteiger charge is -2.34. The highest BCUT2D eigenvalue weighted by atomic mass is 28.3. The van der Waals surface area contributed by atoms with E-state index in [9.17, 15) is 0 Å². The molecule has 12 aromatic carbocycles. The number of fused-ring (bicyclic) bond motifs is 7. The number of nitrogens with zero attached hydrogens (tertiary/aromatic N) is 1. The van der Waals surface area contributed by atoms with Gasteiger partial charge in [0.1, 0.15) is 0 Å². The Kier molecular flexibility index (Phi) is 10.2. The average Bonchev–Trinajstić information content (AvgIpc) is 4.02. The summed E-state index contributed by atoms with van der Waals surface area (Å²) in [5.41, 5.74) is 18.0. The predicted octanol–water partition coefficient (Wildman–Crippen LogP) is 15.4. The van der Waals surface area contributed by atoms with Crippen LogP contribution in [0.25, 0.3) is 55.3 Å². The van der Waals surface area contributed by atoms with Crippen molar-refractivity contribution >= 4 is 56.7 Å². The zero-order valence-corrected chi connectivity index (χ0v) is 41.2. The first kappa shape index (κ1) is 42.8. The van der Waals surface area contributed by atoms with Gasteiger partial charge in [-0.2, -0.15) is 0 Å². The van der Waals surface area contributed by atoms with Crippen molar-refractivity contribution in [3.8, 4) is 44.5 Å². The van der Waals surface area contributed by atoms with E-state index >= 15 is 0 Å². The molecule has 0 radical (unpaired) electrons. The van der Waals surface area contributed by atoms with E-state index in [1.165, 1.54) is 98.3 Å². The molecule has 1 aliphatic heterocycles. The first-order valence-corrected chi connectivity index (χ1v) is 27.4. The molecule has 0 aromatic heterocycles. The molecule has 0 atom stereocenters. The van der Waals surface area contributed by atoms with Crippen LogP contribution in [0.3, 0.4) is 0 Å². The molecular weight excluding hydrogens is 895 g/mol. The van der Waals surface area contributed by atoms with Crippen LogP contribution < -0.4 is 25.6 Å². The molecule has 0 bridgehead atoms. The minimum absolute atomic E-state index is 0.466. The van der Waals surface area contributed by atoms with Gasteiger partial charge in [0.25, 0.3) is 0 Å². The van der Waals surface area contributed by atoms with Gasteiger partial charge < -0.3 is 4.90 Å². The van der Waals surface area contributed by atoms with Gasteiger partial charge in [-0.3, -0.25) is 0 Å². The molecule has 12 aromatic rings. The number of hydrogen-bond donors (Lipinski definition) is 0. The van der Waals surface area contributed by atoms with Crippen molar-refractivity contribution in [3.05, 3.63) is 320 Å². The van der Waals surface area contributed by atoms with Gasteiger partial charge >= 0.3 is 0 Å². The van der Waals surface area contributed by atoms with Gasteiger partial charge in [0.05, 0.1) is 5.41 Å². The Hall–Kier alpha value is -9.08. The molecule has 0 saturated carbocycles. The van der Waals surface area contributed by atoms with E-state index in [1.54, 1.807) is 0 Å². The van der Waals surface area contributed by atoms with Crippen LogP contribution in [-0.2, 0) is 5.41 Å². The molecule has 14 rings (SSSR count). The maximum atomic E-state index is 2.49. The van der Waals surface area contributed by atoms with Gasteiger partial charge in [-0.05, 0) is 147 Å². The fraction of sp³-hybridized carbons (Fsp3) is 0.0141. The Balaban J connectivity index is 0.913. The molecule has 342 valence electrons. The Morgan fingerprint density at radius 2 is 0.726 bits per heavy atom. The van der Waals surface area contributed by atoms with Crippen molar-refractivity contribution in [2.45, 2.75) is 5.41 Å². The minimum atomic E-state index is -2.75. The van der Waals surface area contributed by atoms with E-state index in [1.807, 2.05) is 0 Å². The SMILES string of the molecule is c1ccc(C2(c3cccc(-c4ccc(N(c5ccc(-c6ccc7ccccc7c6)cc5)c5cccc([Si]6(c7ccccc7)c7ccccc7-c7ccccc76)c5)cc4)c3)c3ccccc3-c3ccccc32)cc1. The first-order valence-electron chi connectivity index (χ1n) is 25.4. The summed E-state index contributed by atoms with van der Waals surface area (Å²) in [6.45, 7) is 0. The second-order valence-electron chi connectivity index (χ2n) is 19.5. The summed E-state index contributed by atoms with van der Waals surface area (Å²) in [6, 6.07) is 111. The third kappa shape index (κ3) is 6.68. The Morgan fingerprint density at radius 3 is 1.36 bits per heavy atom. The molecule has 1 heterocycles. The van der Waals surface area contributed by atoms with Crippen LogP contribution in [0.1, 0.15) is 22.3 Å². The molecule has 0 spiro atoms. The van der Waals surface area contributed by atoms with Crippen molar-refractivity contribution in [2.75, 3.05) is 4.90 Å². The third-order valence-corrected chi connectivity index (χ3v) is 20.7. The standard InChI is InChI=1S/C71H49NSi/c1-3-22-56(23-4-1)71(67-33-13-9-29-63(67)64-30-10-14-34-68(64)71)57-24-17-21-54(48-57)51-39-43-58(44-40-51)72(59-45-41-52(42-46-59)55-38-37-50-19-7-8-20-53(50)47-55)60-25-18-28-62(49-60)73(61-26-5-2-6-27-61)69-35-15-11-31-65(69)66-32-12-16-36-70(66)73/h1-49H. The van der Waals surface area contributed by atoms with E-state index in [0.717, 1.165) is 17.1 Å². The van der Waals surface area contributed by atoms with Crippen molar-refractivity contribution in [1.82, 2.24) is 0 Å². The maximum absolute atomic E-state index is 2.75. The van der Waals surface area contributed by atoms with E-state index < -0.39 is 13.5 Å². The van der Waals surface area contributed by atoms with Crippen LogP contribution in [-0.4, -0.2) is 8.07 Å². The number of rotatable bonds is 9. The average molecular weight is 944 g/mol. The van der Waals surface area contributed by atoms with Gasteiger partial charge in [0.15, 0.2) is 8.07 Å². The lowest BCUT2D eigenvalue weighted by Crippen LogP contribution is -2.72. The smallest absolute Gasteiger partial charge is 0.180 e. The molecule has 0 saturated heterocycles. The van der Waals surface area contributed by atoms with Crippen LogP contribution >= 0.6 is 0 Å². The van der Waals surface area contributed by atoms with Crippen molar-refractivity contribution < 1.29 is 0 Å². The van der Waals surface area contributed by atoms with Gasteiger partial charge in [0, 0.05) is 17.1 Å². The summed E-state index contributed by atoms with van der Waals surface area (Å²) >= 11 is 0. The summed E-state index contributed by atoms with van der Waals surface area (Å²) in [7, 11) is -2.75. The van der Waals surface area contributed by atoms with Crippen molar-refractivity contribution in [2.24, 2.45) is 0 Å². The summed E-state index contributed by atoms with van der Waals surface area (Å²) in [4.78, 5) is 2.45. The van der Waals surface area contributed by atoms with E-state index in [2.05, 4.69) is 302 Å². The van der Waals surface area contributed by atoms with Gasteiger partial charge in [-0.25, -0.2) is 0 Å². The first-order chi connectivity index (χ1) is 36.2. The molecule has 73 heavy (non-hydrogen) atoms. The highest BCUT2D eigenvalue weighted by Crippen LogP contribution is 2.56. The predicted molar refractivity (Wildman–Crippen MR) is 309 cm³/mol. The Morgan fingerprint density at radius 1 is 0.260 bits per heavy atom. The van der Waals surface area contributed by atoms with Gasteiger partial charge in [-0.15, -0.1) is 0 Å². The molecule has 0 unspecified atom stereocenters. The van der Waals surface area contributed by atoms with Crippen molar-refractivity contribution in [1.29, 1.82) is 0 Å². The molecule has 1 aliphatic carbocycles. The minimum Gasteiger partial charge on any atom is -0.311 e. The zero-order valence-electron chi connectivity index (χ0n) is 40.2. The summed E-state index contributed by atoms with van der Waals surface area (Å²) in [5.74, 6) is 0. The second-order valence-corrected chi connectivity index (χ2v) is 23.3. The largest absolute Gasteiger partial charge is 0.311 e. The summed E-state index contributed by atoms with van der Waals surface area (Å²) in [5, 5.41) is 8.13. The van der Waals surface area contributed by atoms with Crippen LogP contribution in [0.2, 0.25) is 0 Å². The van der Waals surface area contributed by atoms with E-state index in [4.69, 9.17) is 0 Å². The molecule has 1 nitrogen and oxygen atoms in total. The Labute approximate surface area is 428 Å². The number of anilines is 3. The number of benzene rings is 12. The molecule has 0 amide bonds. The Bertz CT molecular complexity index is 3940. The number of hydrogen-bond acceptors (Lipinski definition) is 1. The van der Waals surface area contributed by atoms with Crippen LogP contribution in [0.15, 0.2) is 297 Å². The van der Waals surface area contributed by atoms with Crippen LogP contribution in [0, 0.1) is 0 Å². The molecule has 2 aliphatic rings. The summed E-state index contributed by atoms with van der Waals surface area (Å²) < 4.78 is 0. The summed E-state index contributed by atoms with van der Waals surface area (Å²) in [6.07, 6.45) is 0. The van der Waals surface area contributed by atoms with Gasteiger partial charge in [-0.1, -0.05) is 249 Å². The van der Waals surface area contributed by atoms with Crippen LogP contribution in [0.4, 0.5) is 17.1 Å². The highest BCUT2D eigenvalue weighted by Gasteiger charge is 2.49. The quantitative estimate of drug-likeness (QED) is 0.130. The van der Waals surface area contributed by atoms with E-state index in [0.29, 0.717) is 0 Å². The molecule has 2 heteroatoms. The maximum Gasteiger partial charge on any atom is 0.180 e. The van der Waals surface area contributed by atoms with E-state index in [-0.39, 0.29) is 0 Å². The topological polar surface area (TPSA) is 3.24 Å². The second kappa shape index (κ2) is 17.3. The fourth-order valence-electron chi connectivity index (χ4n) is 12.7. The molecule has 0 fully saturated rings. The lowest BCUT2D eigenvalue weighted by molar-refractivity contribution is 0.769. The molecule has 0 N–H and O–H groups in total. The van der Waals surface area contributed by atoms with Crippen LogP contribution in [0.5, 0.6) is 0 Å². The van der Waals surface area contributed by atoms with Gasteiger partial charge in [0.2, 0.25) is 0 Å². The van der Waals surface area contributed by atoms with Crippen molar-refractivity contribution in [3.63, 3.8) is 0 Å². The fourth-order valence-corrected chi connectivity index (χ4v) is 17.9. The normalized spacial score (nSPS) is 13.4. The monoisotopic (exact) mass is 943 g/mol. The zero-order chi connectivity index (χ0) is 48.3. The highest BCUT2D eigenvalue weighted by molar-refractivity contribution is 7.22.